The quantitative estimate of drug-likeness (QED) is 0.301. The molecular formula is C9H16N4O. The van der Waals surface area contributed by atoms with E-state index in [1.165, 1.54) is 6.92 Å². The van der Waals surface area contributed by atoms with E-state index in [0.717, 1.165) is 19.3 Å². The van der Waals surface area contributed by atoms with Gasteiger partial charge in [-0.05, 0) is 6.42 Å². The highest BCUT2D eigenvalue weighted by molar-refractivity contribution is 5.96. The topological polar surface area (TPSA) is 77.3 Å². The molecule has 0 radical (unpaired) electrons. The van der Waals surface area contributed by atoms with Gasteiger partial charge in [0, 0.05) is 13.5 Å². The third kappa shape index (κ3) is 7.10. The van der Waals surface area contributed by atoms with Crippen molar-refractivity contribution in [3.8, 4) is 6.19 Å². The number of rotatable bonds is 4. The molecule has 0 heterocycles. The highest BCUT2D eigenvalue weighted by Crippen LogP contribution is 1.90. The van der Waals surface area contributed by atoms with Gasteiger partial charge in [-0.25, -0.2) is 0 Å². The molecular weight excluding hydrogens is 180 g/mol. The number of carbonyl (C=O) groups excluding carboxylic acids is 1. The Hall–Kier alpha value is -1.57. The highest BCUT2D eigenvalue weighted by Gasteiger charge is 1.99. The third-order valence-electron chi connectivity index (χ3n) is 1.53. The molecule has 0 bridgehead atoms. The van der Waals surface area contributed by atoms with Crippen LogP contribution in [-0.2, 0) is 4.79 Å². The van der Waals surface area contributed by atoms with Gasteiger partial charge in [0.25, 0.3) is 0 Å². The van der Waals surface area contributed by atoms with Gasteiger partial charge in [-0.1, -0.05) is 19.8 Å². The molecule has 5 heteroatoms. The van der Waals surface area contributed by atoms with Crippen molar-refractivity contribution in [3.63, 3.8) is 0 Å². The van der Waals surface area contributed by atoms with Gasteiger partial charge in [0.15, 0.2) is 0 Å². The lowest BCUT2D eigenvalue weighted by molar-refractivity contribution is -0.117. The van der Waals surface area contributed by atoms with E-state index in [1.807, 2.05) is 0 Å². The van der Waals surface area contributed by atoms with Crippen LogP contribution in [0.1, 0.15) is 33.1 Å². The van der Waals surface area contributed by atoms with Crippen LogP contribution in [0.15, 0.2) is 4.99 Å². The van der Waals surface area contributed by atoms with Crippen molar-refractivity contribution in [3.05, 3.63) is 0 Å². The van der Waals surface area contributed by atoms with Gasteiger partial charge < -0.3 is 5.32 Å². The number of amides is 1. The summed E-state index contributed by atoms with van der Waals surface area (Å²) in [5, 5.41) is 13.6. The first kappa shape index (κ1) is 12.4. The summed E-state index contributed by atoms with van der Waals surface area (Å²) in [7, 11) is 0. The molecule has 0 spiro atoms. The largest absolute Gasteiger partial charge is 0.355 e. The summed E-state index contributed by atoms with van der Waals surface area (Å²) in [5.41, 5.74) is 0. The van der Waals surface area contributed by atoms with E-state index in [9.17, 15) is 4.79 Å². The minimum absolute atomic E-state index is 0.233. The van der Waals surface area contributed by atoms with Crippen molar-refractivity contribution in [2.24, 2.45) is 4.99 Å². The van der Waals surface area contributed by atoms with E-state index in [2.05, 4.69) is 22.5 Å². The number of nitrogens with one attached hydrogen (secondary N) is 2. The second-order valence-electron chi connectivity index (χ2n) is 2.88. The van der Waals surface area contributed by atoms with Gasteiger partial charge in [0.1, 0.15) is 0 Å². The number of nitrogens with zero attached hydrogens (tertiary/aromatic N) is 2. The molecule has 0 saturated carbocycles. The predicted octanol–water partition coefficient (Wildman–Crippen LogP) is 0.739. The molecule has 0 aliphatic heterocycles. The lowest BCUT2D eigenvalue weighted by Crippen LogP contribution is -2.40. The smallest absolute Gasteiger partial charge is 0.223 e. The number of carbonyl (C=O) groups is 1. The molecule has 0 aromatic heterocycles. The van der Waals surface area contributed by atoms with Crippen LogP contribution in [0, 0.1) is 11.5 Å². The summed E-state index contributed by atoms with van der Waals surface area (Å²) in [6, 6.07) is 0. The van der Waals surface area contributed by atoms with Crippen molar-refractivity contribution in [2.45, 2.75) is 33.1 Å². The molecule has 0 rings (SSSR count). The third-order valence-corrected chi connectivity index (χ3v) is 1.53. The van der Waals surface area contributed by atoms with E-state index < -0.39 is 0 Å². The Morgan fingerprint density at radius 3 is 2.71 bits per heavy atom. The van der Waals surface area contributed by atoms with Crippen LogP contribution < -0.4 is 10.6 Å². The van der Waals surface area contributed by atoms with Gasteiger partial charge in [-0.2, -0.15) is 5.26 Å². The number of nitriles is 1. The summed E-state index contributed by atoms with van der Waals surface area (Å²) in [4.78, 5) is 14.1. The first-order chi connectivity index (χ1) is 6.70. The van der Waals surface area contributed by atoms with E-state index >= 15 is 0 Å². The number of unbranched alkanes of at least 4 members (excludes halogenated alkanes) is 2. The molecule has 0 saturated heterocycles. The molecule has 14 heavy (non-hydrogen) atoms. The SMILES string of the molecule is CCCCCN/C(=N\C#N)NC(C)=O. The highest BCUT2D eigenvalue weighted by atomic mass is 16.1. The maximum absolute atomic E-state index is 10.7. The lowest BCUT2D eigenvalue weighted by atomic mass is 10.2. The van der Waals surface area contributed by atoms with Gasteiger partial charge in [-0.15, -0.1) is 4.99 Å². The normalized spacial score (nSPS) is 10.5. The second-order valence-corrected chi connectivity index (χ2v) is 2.88. The molecule has 0 unspecified atom stereocenters. The Morgan fingerprint density at radius 1 is 1.50 bits per heavy atom. The summed E-state index contributed by atoms with van der Waals surface area (Å²) in [6.07, 6.45) is 4.87. The van der Waals surface area contributed by atoms with Crippen LogP contribution in [-0.4, -0.2) is 18.4 Å². The first-order valence-corrected chi connectivity index (χ1v) is 4.69. The fraction of sp³-hybridized carbons (Fsp3) is 0.667. The summed E-state index contributed by atoms with van der Waals surface area (Å²) in [5.74, 6) is -0.00176. The van der Waals surface area contributed by atoms with Gasteiger partial charge in [-0.3, -0.25) is 10.1 Å². The van der Waals surface area contributed by atoms with Crippen LogP contribution in [0.3, 0.4) is 0 Å². The van der Waals surface area contributed by atoms with Crippen molar-refractivity contribution >= 4 is 11.9 Å². The van der Waals surface area contributed by atoms with E-state index in [0.29, 0.717) is 6.54 Å². The molecule has 0 atom stereocenters. The fourth-order valence-electron chi connectivity index (χ4n) is 0.910. The molecule has 0 aromatic carbocycles. The van der Waals surface area contributed by atoms with Crippen molar-refractivity contribution in [1.82, 2.24) is 10.6 Å². The number of guanidine groups is 1. The summed E-state index contributed by atoms with van der Waals surface area (Å²) < 4.78 is 0. The zero-order valence-electron chi connectivity index (χ0n) is 8.63. The number of hydrogen-bond acceptors (Lipinski definition) is 3. The van der Waals surface area contributed by atoms with Crippen LogP contribution in [0.5, 0.6) is 0 Å². The Labute approximate surface area is 84.2 Å². The molecule has 0 aromatic rings. The van der Waals surface area contributed by atoms with Gasteiger partial charge >= 0.3 is 0 Å². The molecule has 2 N–H and O–H groups in total. The molecule has 0 aliphatic rings. The standard InChI is InChI=1S/C9H16N4O/c1-3-4-5-6-11-9(12-7-10)13-8(2)14/h3-6H2,1-2H3,(H2,11,12,13,14). The van der Waals surface area contributed by atoms with Crippen molar-refractivity contribution in [1.29, 1.82) is 5.26 Å². The average molecular weight is 196 g/mol. The molecule has 78 valence electrons. The molecule has 0 aliphatic carbocycles. The zero-order chi connectivity index (χ0) is 10.8. The molecule has 5 nitrogen and oxygen atoms in total. The van der Waals surface area contributed by atoms with Gasteiger partial charge in [0.2, 0.25) is 18.1 Å². The van der Waals surface area contributed by atoms with Crippen LogP contribution in [0.25, 0.3) is 0 Å². The Bertz CT molecular complexity index is 242. The van der Waals surface area contributed by atoms with Crippen LogP contribution in [0.2, 0.25) is 0 Å². The predicted molar refractivity (Wildman–Crippen MR) is 54.4 cm³/mol. The van der Waals surface area contributed by atoms with Crippen LogP contribution >= 0.6 is 0 Å². The lowest BCUT2D eigenvalue weighted by Gasteiger charge is -2.07. The Balaban J connectivity index is 3.82. The molecule has 1 amide bonds. The second kappa shape index (κ2) is 8.05. The van der Waals surface area contributed by atoms with E-state index in [4.69, 9.17) is 5.26 Å². The first-order valence-electron chi connectivity index (χ1n) is 4.69. The van der Waals surface area contributed by atoms with Crippen molar-refractivity contribution < 1.29 is 4.79 Å². The Kier molecular flexibility index (Phi) is 7.15. The van der Waals surface area contributed by atoms with Gasteiger partial charge in [0.05, 0.1) is 0 Å². The monoisotopic (exact) mass is 196 g/mol. The van der Waals surface area contributed by atoms with E-state index in [-0.39, 0.29) is 11.9 Å². The number of aliphatic imine (C=N–C) groups is 1. The zero-order valence-corrected chi connectivity index (χ0v) is 8.63. The number of hydrogen-bond donors (Lipinski definition) is 2. The van der Waals surface area contributed by atoms with E-state index in [1.54, 1.807) is 6.19 Å². The average Bonchev–Trinajstić information content (AvgIpc) is 2.12. The Morgan fingerprint density at radius 2 is 2.21 bits per heavy atom. The maximum atomic E-state index is 10.7. The minimum Gasteiger partial charge on any atom is -0.355 e. The summed E-state index contributed by atoms with van der Waals surface area (Å²) in [6.45, 7) is 4.20. The fourth-order valence-corrected chi connectivity index (χ4v) is 0.910. The minimum atomic E-state index is -0.234. The van der Waals surface area contributed by atoms with Crippen molar-refractivity contribution in [2.75, 3.05) is 6.54 Å². The molecule has 0 fully saturated rings. The van der Waals surface area contributed by atoms with Crippen LogP contribution in [0.4, 0.5) is 0 Å². The summed E-state index contributed by atoms with van der Waals surface area (Å²) >= 11 is 0. The maximum Gasteiger partial charge on any atom is 0.223 e.